The molecule has 1 atom stereocenters. The summed E-state index contributed by atoms with van der Waals surface area (Å²) in [6.07, 6.45) is 0.667. The number of carbonyl (C=O) groups excluding carboxylic acids is 2. The first-order chi connectivity index (χ1) is 19.9. The maximum absolute atomic E-state index is 13.6. The molecule has 3 aromatic rings. The van der Waals surface area contributed by atoms with E-state index in [1.165, 1.54) is 46.8 Å². The number of rotatable bonds is 7. The molecule has 9 nitrogen and oxygen atoms in total. The molecule has 1 N–H and O–H groups in total. The van der Waals surface area contributed by atoms with E-state index in [-0.39, 0.29) is 29.3 Å². The maximum Gasteiger partial charge on any atom is 0.411 e. The van der Waals surface area contributed by atoms with Crippen molar-refractivity contribution in [1.82, 2.24) is 14.1 Å². The summed E-state index contributed by atoms with van der Waals surface area (Å²) in [6.45, 7) is 3.22. The third-order valence-electron chi connectivity index (χ3n) is 7.88. The Morgan fingerprint density at radius 2 is 1.41 bits per heavy atom. The first kappa shape index (κ1) is 28.8. The third-order valence-corrected chi connectivity index (χ3v) is 9.76. The molecule has 0 aliphatic carbocycles. The minimum absolute atomic E-state index is 0.0261. The summed E-state index contributed by atoms with van der Waals surface area (Å²) in [6, 6.07) is 26.9. The molecule has 41 heavy (non-hydrogen) atoms. The van der Waals surface area contributed by atoms with Gasteiger partial charge in [0.25, 0.3) is 0 Å². The van der Waals surface area contributed by atoms with Crippen LogP contribution in [0.2, 0.25) is 0 Å². The molecule has 5 rings (SSSR count). The molecular formula is C31H36N4O5S. The van der Waals surface area contributed by atoms with E-state index >= 15 is 0 Å². The number of ether oxygens (including phenoxy) is 1. The number of nitrogens with zero attached hydrogens (tertiary/aromatic N) is 3. The van der Waals surface area contributed by atoms with Crippen molar-refractivity contribution < 1.29 is 22.7 Å². The molecule has 0 saturated carbocycles. The van der Waals surface area contributed by atoms with Gasteiger partial charge in [-0.15, -0.1) is 0 Å². The molecule has 10 heteroatoms. The predicted molar refractivity (Wildman–Crippen MR) is 157 cm³/mol. The van der Waals surface area contributed by atoms with Gasteiger partial charge in [-0.05, 0) is 48.2 Å². The lowest BCUT2D eigenvalue weighted by atomic mass is 9.95. The summed E-state index contributed by atoms with van der Waals surface area (Å²) >= 11 is 0. The van der Waals surface area contributed by atoms with Crippen LogP contribution in [0.3, 0.4) is 0 Å². The van der Waals surface area contributed by atoms with Crippen LogP contribution in [-0.2, 0) is 19.6 Å². The third kappa shape index (κ3) is 6.61. The largest absolute Gasteiger partial charge is 0.453 e. The molecule has 2 heterocycles. The molecule has 0 unspecified atom stereocenters. The Morgan fingerprint density at radius 3 is 1.98 bits per heavy atom. The van der Waals surface area contributed by atoms with Gasteiger partial charge in [-0.2, -0.15) is 4.31 Å². The Labute approximate surface area is 241 Å². The van der Waals surface area contributed by atoms with Gasteiger partial charge in [0.15, 0.2) is 0 Å². The van der Waals surface area contributed by atoms with Crippen LogP contribution in [0.5, 0.6) is 0 Å². The Bertz CT molecular complexity index is 1390. The molecule has 0 aromatic heterocycles. The van der Waals surface area contributed by atoms with Crippen molar-refractivity contribution in [2.75, 3.05) is 51.7 Å². The van der Waals surface area contributed by atoms with E-state index in [0.717, 1.165) is 13.1 Å². The summed E-state index contributed by atoms with van der Waals surface area (Å²) in [7, 11) is -2.52. The van der Waals surface area contributed by atoms with E-state index in [0.29, 0.717) is 38.2 Å². The molecule has 0 bridgehead atoms. The van der Waals surface area contributed by atoms with Gasteiger partial charge in [0, 0.05) is 45.0 Å². The first-order valence-electron chi connectivity index (χ1n) is 13.9. The molecule has 2 saturated heterocycles. The van der Waals surface area contributed by atoms with E-state index in [4.69, 9.17) is 0 Å². The average Bonchev–Trinajstić information content (AvgIpc) is 3.02. The van der Waals surface area contributed by atoms with Crippen LogP contribution < -0.4 is 5.32 Å². The fourth-order valence-corrected chi connectivity index (χ4v) is 7.26. The van der Waals surface area contributed by atoms with Crippen molar-refractivity contribution in [2.45, 2.75) is 23.8 Å². The van der Waals surface area contributed by atoms with Gasteiger partial charge in [0.2, 0.25) is 15.9 Å². The monoisotopic (exact) mass is 576 g/mol. The molecular weight excluding hydrogens is 540 g/mol. The summed E-state index contributed by atoms with van der Waals surface area (Å²) in [5, 5.41) is 2.51. The van der Waals surface area contributed by atoms with Crippen LogP contribution in [0.15, 0.2) is 89.8 Å². The van der Waals surface area contributed by atoms with Crippen LogP contribution in [-0.4, -0.2) is 80.9 Å². The van der Waals surface area contributed by atoms with E-state index in [2.05, 4.69) is 63.5 Å². The van der Waals surface area contributed by atoms with Gasteiger partial charge < -0.3 is 9.64 Å². The molecule has 3 aromatic carbocycles. The maximum atomic E-state index is 13.6. The topological polar surface area (TPSA) is 99.3 Å². The number of hydrogen-bond donors (Lipinski definition) is 1. The zero-order valence-corrected chi connectivity index (χ0v) is 24.0. The molecule has 0 radical (unpaired) electrons. The quantitative estimate of drug-likeness (QED) is 0.453. The second-order valence-electron chi connectivity index (χ2n) is 10.4. The number of methoxy groups -OCH3 is 1. The summed E-state index contributed by atoms with van der Waals surface area (Å²) in [5.41, 5.74) is 2.88. The number of amides is 2. The van der Waals surface area contributed by atoms with Crippen molar-refractivity contribution in [3.8, 4) is 0 Å². The van der Waals surface area contributed by atoms with Crippen molar-refractivity contribution >= 4 is 27.7 Å². The molecule has 2 amide bonds. The minimum Gasteiger partial charge on any atom is -0.453 e. The Kier molecular flexibility index (Phi) is 9.02. The summed E-state index contributed by atoms with van der Waals surface area (Å²) < 4.78 is 32.8. The normalized spacial score (nSPS) is 18.7. The number of piperidine rings is 1. The van der Waals surface area contributed by atoms with Gasteiger partial charge in [-0.3, -0.25) is 15.0 Å². The van der Waals surface area contributed by atoms with Crippen LogP contribution in [0.1, 0.15) is 30.0 Å². The Morgan fingerprint density at radius 1 is 0.829 bits per heavy atom. The fraction of sp³-hybridized carbons (Fsp3) is 0.355. The molecule has 0 spiro atoms. The first-order valence-corrected chi connectivity index (χ1v) is 15.4. The second-order valence-corrected chi connectivity index (χ2v) is 12.4. The van der Waals surface area contributed by atoms with E-state index in [1.54, 1.807) is 0 Å². The van der Waals surface area contributed by atoms with Gasteiger partial charge in [-0.1, -0.05) is 60.7 Å². The van der Waals surface area contributed by atoms with Crippen molar-refractivity contribution in [3.05, 3.63) is 96.1 Å². The summed E-state index contributed by atoms with van der Waals surface area (Å²) in [5.74, 6) is -0.345. The molecule has 216 valence electrons. The van der Waals surface area contributed by atoms with Gasteiger partial charge >= 0.3 is 6.09 Å². The molecule has 2 fully saturated rings. The number of benzene rings is 3. The Balaban J connectivity index is 1.22. The van der Waals surface area contributed by atoms with Crippen molar-refractivity contribution in [2.24, 2.45) is 5.92 Å². The van der Waals surface area contributed by atoms with Crippen LogP contribution in [0.4, 0.5) is 10.5 Å². The van der Waals surface area contributed by atoms with Gasteiger partial charge in [-0.25, -0.2) is 13.2 Å². The number of hydrogen-bond acceptors (Lipinski definition) is 6. The second kappa shape index (κ2) is 12.8. The van der Waals surface area contributed by atoms with Crippen LogP contribution in [0, 0.1) is 5.92 Å². The number of anilines is 1. The number of sulfonamides is 1. The van der Waals surface area contributed by atoms with Gasteiger partial charge in [0.05, 0.1) is 24.0 Å². The standard InChI is InChI=1S/C31H36N4O5S/c1-40-31(37)32-27-14-16-28(17-15-27)41(38,39)35-18-8-13-26(23-35)30(36)34-21-19-33(20-22-34)29(24-9-4-2-5-10-24)25-11-6-3-7-12-25/h2-7,9-12,14-17,26,29H,8,13,18-23H2,1H3,(H,32,37)/t26-/m1/s1. The number of piperazine rings is 1. The van der Waals surface area contributed by atoms with Crippen molar-refractivity contribution in [1.29, 1.82) is 0 Å². The lowest BCUT2D eigenvalue weighted by molar-refractivity contribution is -0.138. The molecule has 2 aliphatic rings. The average molecular weight is 577 g/mol. The van der Waals surface area contributed by atoms with Crippen LogP contribution >= 0.6 is 0 Å². The van der Waals surface area contributed by atoms with E-state index in [9.17, 15) is 18.0 Å². The lowest BCUT2D eigenvalue weighted by Gasteiger charge is -2.41. The highest BCUT2D eigenvalue weighted by Gasteiger charge is 2.36. The smallest absolute Gasteiger partial charge is 0.411 e. The highest BCUT2D eigenvalue weighted by molar-refractivity contribution is 7.89. The number of nitrogens with one attached hydrogen (secondary N) is 1. The predicted octanol–water partition coefficient (Wildman–Crippen LogP) is 4.20. The van der Waals surface area contributed by atoms with E-state index in [1.807, 2.05) is 17.0 Å². The summed E-state index contributed by atoms with van der Waals surface area (Å²) in [4.78, 5) is 29.5. The zero-order chi connectivity index (χ0) is 28.8. The highest BCUT2D eigenvalue weighted by Crippen LogP contribution is 2.31. The van der Waals surface area contributed by atoms with Crippen LogP contribution in [0.25, 0.3) is 0 Å². The van der Waals surface area contributed by atoms with Crippen molar-refractivity contribution in [3.63, 3.8) is 0 Å². The lowest BCUT2D eigenvalue weighted by Crippen LogP contribution is -2.53. The Hall–Kier alpha value is -3.73. The number of carbonyl (C=O) groups is 2. The van der Waals surface area contributed by atoms with Gasteiger partial charge in [0.1, 0.15) is 0 Å². The zero-order valence-electron chi connectivity index (χ0n) is 23.2. The minimum atomic E-state index is -3.78. The van der Waals surface area contributed by atoms with E-state index < -0.39 is 16.1 Å². The SMILES string of the molecule is COC(=O)Nc1ccc(S(=O)(=O)N2CCC[C@@H](C(=O)N3CCN(C(c4ccccc4)c4ccccc4)CC3)C2)cc1. The highest BCUT2D eigenvalue weighted by atomic mass is 32.2. The fourth-order valence-electron chi connectivity index (χ4n) is 5.73. The molecule has 2 aliphatic heterocycles.